The molecule has 0 bridgehead atoms. The van der Waals surface area contributed by atoms with E-state index < -0.39 is 0 Å². The zero-order chi connectivity index (χ0) is 21.2. The number of aromatic nitrogens is 3. The number of nitrogens with two attached hydrogens (primary N) is 1. The maximum atomic E-state index is 6.07. The number of benzene rings is 1. The van der Waals surface area contributed by atoms with Crippen molar-refractivity contribution in [2.24, 2.45) is 5.73 Å². The Morgan fingerprint density at radius 3 is 2.74 bits per heavy atom. The number of aromatic amines is 1. The van der Waals surface area contributed by atoms with E-state index in [-0.39, 0.29) is 6.04 Å². The maximum Gasteiger partial charge on any atom is 0.138 e. The Morgan fingerprint density at radius 1 is 1.10 bits per heavy atom. The summed E-state index contributed by atoms with van der Waals surface area (Å²) in [6, 6.07) is 15.2. The fourth-order valence-corrected chi connectivity index (χ4v) is 4.22. The van der Waals surface area contributed by atoms with Gasteiger partial charge in [0.25, 0.3) is 0 Å². The lowest BCUT2D eigenvalue weighted by Crippen LogP contribution is -2.36. The van der Waals surface area contributed by atoms with Crippen molar-refractivity contribution in [3.05, 3.63) is 54.4 Å². The molecule has 0 saturated carbocycles. The minimum absolute atomic E-state index is 0.241. The Bertz CT molecular complexity index is 1180. The van der Waals surface area contributed by atoms with Gasteiger partial charge in [-0.25, -0.2) is 4.98 Å². The maximum absolute atomic E-state index is 6.07. The van der Waals surface area contributed by atoms with E-state index in [0.29, 0.717) is 0 Å². The molecule has 0 amide bonds. The molecule has 160 valence electrons. The van der Waals surface area contributed by atoms with Crippen molar-refractivity contribution in [1.82, 2.24) is 15.0 Å². The first-order chi connectivity index (χ1) is 15.2. The number of morpholine rings is 1. The average molecular weight is 416 g/mol. The first-order valence-corrected chi connectivity index (χ1v) is 11.2. The lowest BCUT2D eigenvalue weighted by molar-refractivity contribution is 0.122. The van der Waals surface area contributed by atoms with Crippen LogP contribution >= 0.6 is 0 Å². The van der Waals surface area contributed by atoms with E-state index in [1.54, 1.807) is 0 Å². The molecule has 1 unspecified atom stereocenters. The van der Waals surface area contributed by atoms with Gasteiger partial charge in [0.15, 0.2) is 0 Å². The molecule has 5 rings (SSSR count). The third kappa shape index (κ3) is 4.13. The number of rotatable bonds is 6. The van der Waals surface area contributed by atoms with E-state index in [0.717, 1.165) is 84.8 Å². The summed E-state index contributed by atoms with van der Waals surface area (Å²) in [7, 11) is 0. The van der Waals surface area contributed by atoms with Gasteiger partial charge in [0.05, 0.1) is 30.8 Å². The van der Waals surface area contributed by atoms with Crippen molar-refractivity contribution >= 4 is 27.6 Å². The number of nitrogens with one attached hydrogen (secondary N) is 1. The second-order valence-corrected chi connectivity index (χ2v) is 8.29. The summed E-state index contributed by atoms with van der Waals surface area (Å²) >= 11 is 0. The fourth-order valence-electron chi connectivity index (χ4n) is 4.22. The SMILES string of the molecule is CCC(N)CCc1ccc2c(n1)[nH]c1ccc(-c3ccc(N4CCOCC4)cn3)cc12. The van der Waals surface area contributed by atoms with E-state index in [9.17, 15) is 0 Å². The minimum atomic E-state index is 0.241. The second kappa shape index (κ2) is 8.65. The van der Waals surface area contributed by atoms with Crippen LogP contribution in [0.1, 0.15) is 25.5 Å². The van der Waals surface area contributed by atoms with Crippen LogP contribution in [0, 0.1) is 0 Å². The number of pyridine rings is 2. The molecule has 3 aromatic heterocycles. The van der Waals surface area contributed by atoms with Crippen LogP contribution in [0.3, 0.4) is 0 Å². The number of fused-ring (bicyclic) bond motifs is 3. The van der Waals surface area contributed by atoms with E-state index >= 15 is 0 Å². The lowest BCUT2D eigenvalue weighted by atomic mass is 10.1. The van der Waals surface area contributed by atoms with E-state index in [4.69, 9.17) is 20.4 Å². The van der Waals surface area contributed by atoms with Crippen molar-refractivity contribution < 1.29 is 4.74 Å². The molecule has 4 aromatic rings. The Balaban J connectivity index is 1.41. The highest BCUT2D eigenvalue weighted by Crippen LogP contribution is 2.29. The largest absolute Gasteiger partial charge is 0.378 e. The highest BCUT2D eigenvalue weighted by Gasteiger charge is 2.13. The summed E-state index contributed by atoms with van der Waals surface area (Å²) in [5.74, 6) is 0. The Morgan fingerprint density at radius 2 is 1.97 bits per heavy atom. The predicted molar refractivity (Wildman–Crippen MR) is 126 cm³/mol. The molecule has 0 radical (unpaired) electrons. The van der Waals surface area contributed by atoms with E-state index in [1.165, 1.54) is 5.39 Å². The standard InChI is InChI=1S/C25H29N5O/c1-2-18(26)4-5-19-6-8-21-22-15-17(3-9-24(22)29-25(21)28-19)23-10-7-20(16-27-23)30-11-13-31-14-12-30/h3,6-10,15-16,18H,2,4-5,11-14,26H2,1H3,(H,28,29). The molecule has 4 heterocycles. The molecule has 1 aliphatic heterocycles. The van der Waals surface area contributed by atoms with Crippen LogP contribution in [0.4, 0.5) is 5.69 Å². The highest BCUT2D eigenvalue weighted by molar-refractivity contribution is 6.07. The molecule has 1 aliphatic rings. The molecule has 6 nitrogen and oxygen atoms in total. The average Bonchev–Trinajstić information content (AvgIpc) is 3.20. The lowest BCUT2D eigenvalue weighted by Gasteiger charge is -2.28. The third-order valence-corrected chi connectivity index (χ3v) is 6.23. The van der Waals surface area contributed by atoms with Crippen LogP contribution in [0.15, 0.2) is 48.7 Å². The monoisotopic (exact) mass is 415 g/mol. The minimum Gasteiger partial charge on any atom is -0.378 e. The zero-order valence-corrected chi connectivity index (χ0v) is 18.0. The van der Waals surface area contributed by atoms with Gasteiger partial charge in [-0.2, -0.15) is 0 Å². The van der Waals surface area contributed by atoms with Crippen molar-refractivity contribution in [3.63, 3.8) is 0 Å². The molecular formula is C25H29N5O. The predicted octanol–water partition coefficient (Wildman–Crippen LogP) is 4.28. The van der Waals surface area contributed by atoms with E-state index in [1.807, 2.05) is 6.20 Å². The molecule has 3 N–H and O–H groups in total. The van der Waals surface area contributed by atoms with Gasteiger partial charge < -0.3 is 20.4 Å². The topological polar surface area (TPSA) is 80.1 Å². The number of anilines is 1. The molecule has 0 aliphatic carbocycles. The van der Waals surface area contributed by atoms with Gasteiger partial charge in [0, 0.05) is 46.7 Å². The molecule has 6 heteroatoms. The summed E-state index contributed by atoms with van der Waals surface area (Å²) in [4.78, 5) is 15.4. The molecule has 1 atom stereocenters. The number of H-pyrrole nitrogens is 1. The van der Waals surface area contributed by atoms with Crippen molar-refractivity contribution in [1.29, 1.82) is 0 Å². The van der Waals surface area contributed by atoms with Crippen LogP contribution in [0.25, 0.3) is 33.2 Å². The molecule has 1 aromatic carbocycles. The summed E-state index contributed by atoms with van der Waals surface area (Å²) in [6.07, 6.45) is 4.84. The van der Waals surface area contributed by atoms with Gasteiger partial charge in [-0.3, -0.25) is 4.98 Å². The summed E-state index contributed by atoms with van der Waals surface area (Å²) < 4.78 is 5.44. The first kappa shape index (κ1) is 20.0. The summed E-state index contributed by atoms with van der Waals surface area (Å²) in [6.45, 7) is 5.52. The Hall–Kier alpha value is -2.96. The fraction of sp³-hybridized carbons (Fsp3) is 0.360. The summed E-state index contributed by atoms with van der Waals surface area (Å²) in [5, 5.41) is 2.32. The second-order valence-electron chi connectivity index (χ2n) is 8.29. The van der Waals surface area contributed by atoms with Gasteiger partial charge in [0.2, 0.25) is 0 Å². The van der Waals surface area contributed by atoms with Gasteiger partial charge in [-0.15, -0.1) is 0 Å². The smallest absolute Gasteiger partial charge is 0.138 e. The van der Waals surface area contributed by atoms with Crippen LogP contribution in [0.5, 0.6) is 0 Å². The van der Waals surface area contributed by atoms with Crippen molar-refractivity contribution in [2.45, 2.75) is 32.2 Å². The number of aryl methyl sites for hydroxylation is 1. The number of hydrogen-bond acceptors (Lipinski definition) is 5. The van der Waals surface area contributed by atoms with Crippen LogP contribution < -0.4 is 10.6 Å². The first-order valence-electron chi connectivity index (χ1n) is 11.2. The van der Waals surface area contributed by atoms with Crippen LogP contribution in [-0.4, -0.2) is 47.3 Å². The van der Waals surface area contributed by atoms with Gasteiger partial charge in [0.1, 0.15) is 5.65 Å². The van der Waals surface area contributed by atoms with Crippen LogP contribution in [0.2, 0.25) is 0 Å². The molecule has 1 saturated heterocycles. The highest BCUT2D eigenvalue weighted by atomic mass is 16.5. The number of ether oxygens (including phenoxy) is 1. The van der Waals surface area contributed by atoms with Crippen molar-refractivity contribution in [3.8, 4) is 11.3 Å². The quantitative estimate of drug-likeness (QED) is 0.491. The number of hydrogen-bond donors (Lipinski definition) is 2. The number of nitrogens with zero attached hydrogens (tertiary/aromatic N) is 3. The third-order valence-electron chi connectivity index (χ3n) is 6.23. The molecule has 1 fully saturated rings. The van der Waals surface area contributed by atoms with Gasteiger partial charge in [-0.05, 0) is 55.7 Å². The summed E-state index contributed by atoms with van der Waals surface area (Å²) in [5.41, 5.74) is 12.4. The van der Waals surface area contributed by atoms with Crippen LogP contribution in [-0.2, 0) is 11.2 Å². The van der Waals surface area contributed by atoms with Gasteiger partial charge >= 0.3 is 0 Å². The molecular weight excluding hydrogens is 386 g/mol. The zero-order valence-electron chi connectivity index (χ0n) is 18.0. The Kier molecular flexibility index (Phi) is 5.57. The normalized spacial score (nSPS) is 15.6. The molecule has 0 spiro atoms. The van der Waals surface area contributed by atoms with Crippen molar-refractivity contribution in [2.75, 3.05) is 31.2 Å². The van der Waals surface area contributed by atoms with E-state index in [2.05, 4.69) is 59.3 Å². The Labute approximate surface area is 182 Å². The molecule has 31 heavy (non-hydrogen) atoms. The van der Waals surface area contributed by atoms with Gasteiger partial charge in [-0.1, -0.05) is 13.0 Å².